The lowest BCUT2D eigenvalue weighted by molar-refractivity contribution is 0.534. The number of hydrogen-bond donors (Lipinski definition) is 1. The van der Waals surface area contributed by atoms with E-state index >= 15 is 0 Å². The summed E-state index contributed by atoms with van der Waals surface area (Å²) in [6.45, 7) is 2.00. The molecule has 106 valence electrons. The van der Waals surface area contributed by atoms with Crippen molar-refractivity contribution < 1.29 is 8.78 Å². The molecule has 2 N–H and O–H groups in total. The molecule has 2 aromatic carbocycles. The molecule has 0 fully saturated rings. The predicted molar refractivity (Wildman–Crippen MR) is 82.9 cm³/mol. The SMILES string of the molecule is Cc1cccc(SCC(N)c2c(F)ccc(Br)c2F)c1. The fourth-order valence-corrected chi connectivity index (χ4v) is 3.19. The third kappa shape index (κ3) is 3.59. The van der Waals surface area contributed by atoms with E-state index in [1.807, 2.05) is 31.2 Å². The molecule has 0 aliphatic heterocycles. The fourth-order valence-electron chi connectivity index (χ4n) is 1.86. The smallest absolute Gasteiger partial charge is 0.145 e. The maximum Gasteiger partial charge on any atom is 0.145 e. The Labute approximate surface area is 129 Å². The van der Waals surface area contributed by atoms with E-state index in [2.05, 4.69) is 15.9 Å². The minimum atomic E-state index is -0.696. The Morgan fingerprint density at radius 3 is 2.70 bits per heavy atom. The van der Waals surface area contributed by atoms with Gasteiger partial charge in [-0.2, -0.15) is 0 Å². The maximum absolute atomic E-state index is 13.9. The van der Waals surface area contributed by atoms with Crippen LogP contribution in [0.3, 0.4) is 0 Å². The van der Waals surface area contributed by atoms with Crippen molar-refractivity contribution >= 4 is 27.7 Å². The molecule has 1 atom stereocenters. The Morgan fingerprint density at radius 2 is 2.00 bits per heavy atom. The molecule has 0 aliphatic rings. The standard InChI is InChI=1S/C15H14BrF2NS/c1-9-3-2-4-10(7-9)20-8-13(19)14-12(17)6-5-11(16)15(14)18/h2-7,13H,8,19H2,1H3. The van der Waals surface area contributed by atoms with Crippen molar-refractivity contribution in [3.05, 3.63) is 63.6 Å². The zero-order valence-corrected chi connectivity index (χ0v) is 13.3. The first-order chi connectivity index (χ1) is 9.49. The number of halogens is 3. The Hall–Kier alpha value is -0.910. The van der Waals surface area contributed by atoms with Crippen LogP contribution in [0.15, 0.2) is 45.8 Å². The highest BCUT2D eigenvalue weighted by Crippen LogP contribution is 2.29. The summed E-state index contributed by atoms with van der Waals surface area (Å²) in [5.74, 6) is -0.821. The van der Waals surface area contributed by atoms with Gasteiger partial charge in [0.05, 0.1) is 4.47 Å². The van der Waals surface area contributed by atoms with Crippen LogP contribution in [0.25, 0.3) is 0 Å². The second kappa shape index (κ2) is 6.70. The van der Waals surface area contributed by atoms with Gasteiger partial charge in [0, 0.05) is 22.3 Å². The van der Waals surface area contributed by atoms with Gasteiger partial charge in [-0.15, -0.1) is 11.8 Å². The molecule has 0 amide bonds. The highest BCUT2D eigenvalue weighted by Gasteiger charge is 2.19. The Kier molecular flexibility index (Phi) is 5.18. The van der Waals surface area contributed by atoms with Gasteiger partial charge in [-0.25, -0.2) is 8.78 Å². The summed E-state index contributed by atoms with van der Waals surface area (Å²) in [7, 11) is 0. The van der Waals surface area contributed by atoms with Crippen LogP contribution in [-0.2, 0) is 0 Å². The molecule has 0 radical (unpaired) electrons. The van der Waals surface area contributed by atoms with E-state index in [0.29, 0.717) is 5.75 Å². The van der Waals surface area contributed by atoms with Crippen molar-refractivity contribution in [2.24, 2.45) is 5.73 Å². The molecule has 0 saturated heterocycles. The van der Waals surface area contributed by atoms with Crippen LogP contribution in [0.4, 0.5) is 8.78 Å². The lowest BCUT2D eigenvalue weighted by Crippen LogP contribution is -2.17. The lowest BCUT2D eigenvalue weighted by Gasteiger charge is -2.14. The summed E-state index contributed by atoms with van der Waals surface area (Å²) in [6.07, 6.45) is 0. The summed E-state index contributed by atoms with van der Waals surface area (Å²) in [5, 5.41) is 0. The third-order valence-corrected chi connectivity index (χ3v) is 4.59. The summed E-state index contributed by atoms with van der Waals surface area (Å²) >= 11 is 4.54. The maximum atomic E-state index is 13.9. The van der Waals surface area contributed by atoms with E-state index in [1.165, 1.54) is 23.9 Å². The molecule has 5 heteroatoms. The van der Waals surface area contributed by atoms with Crippen LogP contribution >= 0.6 is 27.7 Å². The quantitative estimate of drug-likeness (QED) is 0.626. The normalized spacial score (nSPS) is 12.4. The van der Waals surface area contributed by atoms with Crippen molar-refractivity contribution in [1.82, 2.24) is 0 Å². The molecule has 0 bridgehead atoms. The van der Waals surface area contributed by atoms with Crippen LogP contribution < -0.4 is 5.73 Å². The Morgan fingerprint density at radius 1 is 1.25 bits per heavy atom. The van der Waals surface area contributed by atoms with E-state index in [-0.39, 0.29) is 10.0 Å². The molecule has 2 rings (SSSR count). The average molecular weight is 358 g/mol. The van der Waals surface area contributed by atoms with E-state index in [0.717, 1.165) is 10.5 Å². The van der Waals surface area contributed by atoms with E-state index in [9.17, 15) is 8.78 Å². The van der Waals surface area contributed by atoms with Gasteiger partial charge < -0.3 is 5.73 Å². The molecule has 1 unspecified atom stereocenters. The molecule has 0 saturated carbocycles. The number of aryl methyl sites for hydroxylation is 1. The number of nitrogens with two attached hydrogens (primary N) is 1. The number of hydrogen-bond acceptors (Lipinski definition) is 2. The topological polar surface area (TPSA) is 26.0 Å². The monoisotopic (exact) mass is 357 g/mol. The number of benzene rings is 2. The molecule has 0 aliphatic carbocycles. The first kappa shape index (κ1) is 15.5. The van der Waals surface area contributed by atoms with Gasteiger partial charge in [0.2, 0.25) is 0 Å². The summed E-state index contributed by atoms with van der Waals surface area (Å²) in [5.41, 5.74) is 7.00. The highest BCUT2D eigenvalue weighted by atomic mass is 79.9. The van der Waals surface area contributed by atoms with Crippen LogP contribution in [0.1, 0.15) is 17.2 Å². The second-order valence-electron chi connectivity index (χ2n) is 4.49. The van der Waals surface area contributed by atoms with Gasteiger partial charge in [0.15, 0.2) is 0 Å². The number of thioether (sulfide) groups is 1. The van der Waals surface area contributed by atoms with Crippen molar-refractivity contribution in [2.75, 3.05) is 5.75 Å². The summed E-state index contributed by atoms with van der Waals surface area (Å²) in [6, 6.07) is 9.79. The largest absolute Gasteiger partial charge is 0.323 e. The highest BCUT2D eigenvalue weighted by molar-refractivity contribution is 9.10. The number of rotatable bonds is 4. The van der Waals surface area contributed by atoms with Crippen molar-refractivity contribution in [3.8, 4) is 0 Å². The molecule has 1 nitrogen and oxygen atoms in total. The molecule has 0 spiro atoms. The van der Waals surface area contributed by atoms with Gasteiger partial charge in [0.25, 0.3) is 0 Å². The molecular weight excluding hydrogens is 344 g/mol. The molecule has 2 aromatic rings. The summed E-state index contributed by atoms with van der Waals surface area (Å²) < 4.78 is 27.9. The molecule has 0 aromatic heterocycles. The predicted octanol–water partition coefficient (Wildman–Crippen LogP) is 4.83. The minimum absolute atomic E-state index is 0.0699. The molecule has 20 heavy (non-hydrogen) atoms. The van der Waals surface area contributed by atoms with E-state index in [4.69, 9.17) is 5.73 Å². The second-order valence-corrected chi connectivity index (χ2v) is 6.44. The third-order valence-electron chi connectivity index (χ3n) is 2.87. The van der Waals surface area contributed by atoms with E-state index < -0.39 is 17.7 Å². The van der Waals surface area contributed by atoms with Crippen LogP contribution in [0.2, 0.25) is 0 Å². The van der Waals surface area contributed by atoms with Gasteiger partial charge >= 0.3 is 0 Å². The zero-order valence-electron chi connectivity index (χ0n) is 10.9. The van der Waals surface area contributed by atoms with Crippen molar-refractivity contribution in [3.63, 3.8) is 0 Å². The van der Waals surface area contributed by atoms with Crippen molar-refractivity contribution in [2.45, 2.75) is 17.9 Å². The van der Waals surface area contributed by atoms with Gasteiger partial charge in [0.1, 0.15) is 11.6 Å². The van der Waals surface area contributed by atoms with Gasteiger partial charge in [-0.3, -0.25) is 0 Å². The lowest BCUT2D eigenvalue weighted by atomic mass is 10.1. The van der Waals surface area contributed by atoms with Crippen LogP contribution in [0.5, 0.6) is 0 Å². The molecule has 0 heterocycles. The zero-order chi connectivity index (χ0) is 14.7. The fraction of sp³-hybridized carbons (Fsp3) is 0.200. The van der Waals surface area contributed by atoms with E-state index in [1.54, 1.807) is 0 Å². The van der Waals surface area contributed by atoms with Crippen LogP contribution in [-0.4, -0.2) is 5.75 Å². The van der Waals surface area contributed by atoms with Crippen molar-refractivity contribution in [1.29, 1.82) is 0 Å². The summed E-state index contributed by atoms with van der Waals surface area (Å²) in [4.78, 5) is 1.04. The molecular formula is C15H14BrF2NS. The first-order valence-corrected chi connectivity index (χ1v) is 7.85. The minimum Gasteiger partial charge on any atom is -0.323 e. The Bertz CT molecular complexity index is 619. The average Bonchev–Trinajstić information content (AvgIpc) is 2.41. The Balaban J connectivity index is 2.13. The first-order valence-electron chi connectivity index (χ1n) is 6.07. The van der Waals surface area contributed by atoms with Gasteiger partial charge in [-0.1, -0.05) is 17.7 Å². The van der Waals surface area contributed by atoms with Crippen LogP contribution in [0, 0.1) is 18.6 Å². The van der Waals surface area contributed by atoms with Gasteiger partial charge in [-0.05, 0) is 47.1 Å².